The van der Waals surface area contributed by atoms with E-state index < -0.39 is 59.9 Å². The number of hydrogen-bond acceptors (Lipinski definition) is 6. The highest BCUT2D eigenvalue weighted by Crippen LogP contribution is 2.33. The molecule has 12 heteroatoms. The predicted octanol–water partition coefficient (Wildman–Crippen LogP) is 6.88. The number of amides is 4. The second kappa shape index (κ2) is 28.0. The third-order valence-corrected chi connectivity index (χ3v) is 8.51. The number of halogens is 2. The first-order valence-electron chi connectivity index (χ1n) is 18.9. The highest BCUT2D eigenvalue weighted by Gasteiger charge is 2.47. The monoisotopic (exact) mass is 722 g/mol. The number of likely N-dealkylation sites (N-methyl/N-ethyl adjacent to an activating group) is 1. The number of ketones is 1. The largest absolute Gasteiger partial charge is 0.363 e. The van der Waals surface area contributed by atoms with Crippen LogP contribution in [-0.4, -0.2) is 78.0 Å². The van der Waals surface area contributed by atoms with Gasteiger partial charge in [-0.1, -0.05) is 110 Å². The molecule has 0 bridgehead atoms. The van der Waals surface area contributed by atoms with Crippen molar-refractivity contribution in [1.82, 2.24) is 20.9 Å². The molecule has 1 fully saturated rings. The second-order valence-corrected chi connectivity index (χ2v) is 13.8. The minimum absolute atomic E-state index is 0.0157. The lowest BCUT2D eigenvalue weighted by Gasteiger charge is -2.36. The molecular weight excluding hydrogens is 644 g/mol. The van der Waals surface area contributed by atoms with E-state index in [4.69, 9.17) is 5.73 Å². The maximum Gasteiger partial charge on any atom is 0.287 e. The van der Waals surface area contributed by atoms with Gasteiger partial charge in [0.1, 0.15) is 6.04 Å². The zero-order valence-electron chi connectivity index (χ0n) is 34.8. The van der Waals surface area contributed by atoms with Gasteiger partial charge in [-0.2, -0.15) is 0 Å². The number of nitrogens with zero attached hydrogens (tertiary/aromatic N) is 1. The van der Waals surface area contributed by atoms with Gasteiger partial charge in [0, 0.05) is 24.9 Å². The lowest BCUT2D eigenvalue weighted by atomic mass is 9.84. The van der Waals surface area contributed by atoms with Crippen molar-refractivity contribution in [2.75, 3.05) is 13.6 Å². The van der Waals surface area contributed by atoms with Gasteiger partial charge >= 0.3 is 0 Å². The second-order valence-electron chi connectivity index (χ2n) is 13.8. The van der Waals surface area contributed by atoms with E-state index >= 15 is 0 Å². The average Bonchev–Trinajstić information content (AvgIpc) is 3.51. The molecular formula is C38H77F2N5O5. The molecule has 0 aromatic carbocycles. The molecule has 0 saturated carbocycles. The number of nitrogens with two attached hydrogens (primary N) is 1. The summed E-state index contributed by atoms with van der Waals surface area (Å²) in [7, 11) is 1.67. The molecule has 0 aromatic rings. The summed E-state index contributed by atoms with van der Waals surface area (Å²) in [5, 5.41) is 8.47. The first-order chi connectivity index (χ1) is 23.2. The molecule has 1 rings (SSSR count). The van der Waals surface area contributed by atoms with Crippen LogP contribution in [0.2, 0.25) is 0 Å². The summed E-state index contributed by atoms with van der Waals surface area (Å²) in [6.07, 6.45) is 1.89. The van der Waals surface area contributed by atoms with Gasteiger partial charge in [0.05, 0.1) is 12.1 Å². The number of Topliss-reactive ketones (excluding diaryl/α,β-unsaturated/α-hetero) is 1. The third kappa shape index (κ3) is 19.7. The summed E-state index contributed by atoms with van der Waals surface area (Å²) in [6, 6.07) is -2.91. The van der Waals surface area contributed by atoms with Gasteiger partial charge in [0.2, 0.25) is 29.9 Å². The number of primary amides is 1. The molecule has 10 nitrogen and oxygen atoms in total. The Hall–Kier alpha value is -2.63. The zero-order valence-corrected chi connectivity index (χ0v) is 34.8. The van der Waals surface area contributed by atoms with Crippen LogP contribution in [0.25, 0.3) is 0 Å². The molecule has 50 heavy (non-hydrogen) atoms. The van der Waals surface area contributed by atoms with Crippen LogP contribution in [0.1, 0.15) is 149 Å². The van der Waals surface area contributed by atoms with Gasteiger partial charge in [0.15, 0.2) is 0 Å². The van der Waals surface area contributed by atoms with E-state index in [0.717, 1.165) is 12.8 Å². The van der Waals surface area contributed by atoms with Gasteiger partial charge in [0.25, 0.3) is 5.91 Å². The lowest BCUT2D eigenvalue weighted by molar-refractivity contribution is -0.144. The summed E-state index contributed by atoms with van der Waals surface area (Å²) in [5.74, 6) is -4.62. The molecule has 298 valence electrons. The third-order valence-electron chi connectivity index (χ3n) is 8.51. The van der Waals surface area contributed by atoms with Crippen LogP contribution < -0.4 is 21.7 Å². The van der Waals surface area contributed by atoms with Crippen molar-refractivity contribution in [1.29, 1.82) is 0 Å². The molecule has 1 aliphatic heterocycles. The number of likely N-dealkylation sites (tertiary alicyclic amines) is 1. The van der Waals surface area contributed by atoms with E-state index in [0.29, 0.717) is 13.0 Å². The maximum absolute atomic E-state index is 13.3. The standard InChI is InChI=1S/C22H38F2N4O4.C10H21NO.3C2H6/c1-11(2)13-8-9-28(21(32)17(26-7)22(4,5)6)15(13)20(31)27-14(16(29)19(25)30)10-12(3)18(23)24;1-5-7-8-10(4,6-2)11-9(3)12;3*1-2/h11-15,17-18,26H,8-10H2,1-7H3,(H2,25,30)(H,27,31);5-8H2,1-4H3,(H,11,12);3*1-2H3/t12?,13-,14?,15?,17?;;;;/m1..../s1. The van der Waals surface area contributed by atoms with Crippen molar-refractivity contribution in [3.05, 3.63) is 0 Å². The number of hydrogen-bond donors (Lipinski definition) is 4. The number of rotatable bonds is 15. The topological polar surface area (TPSA) is 151 Å². The lowest BCUT2D eigenvalue weighted by Crippen LogP contribution is -2.59. The van der Waals surface area contributed by atoms with Crippen LogP contribution in [0.15, 0.2) is 0 Å². The fourth-order valence-electron chi connectivity index (χ4n) is 5.64. The molecule has 0 spiro atoms. The van der Waals surface area contributed by atoms with Crippen molar-refractivity contribution in [3.63, 3.8) is 0 Å². The van der Waals surface area contributed by atoms with Crippen molar-refractivity contribution in [2.45, 2.75) is 179 Å². The maximum atomic E-state index is 13.3. The fraction of sp³-hybridized carbons (Fsp3) is 0.868. The minimum atomic E-state index is -2.73. The van der Waals surface area contributed by atoms with Crippen LogP contribution in [0.3, 0.4) is 0 Å². The van der Waals surface area contributed by atoms with Crippen molar-refractivity contribution in [3.8, 4) is 0 Å². The minimum Gasteiger partial charge on any atom is -0.363 e. The van der Waals surface area contributed by atoms with Crippen molar-refractivity contribution in [2.24, 2.45) is 28.9 Å². The molecule has 6 atom stereocenters. The molecule has 1 heterocycles. The molecule has 1 saturated heterocycles. The Labute approximate surface area is 304 Å². The first-order valence-corrected chi connectivity index (χ1v) is 18.9. The normalized spacial score (nSPS) is 18.1. The summed E-state index contributed by atoms with van der Waals surface area (Å²) >= 11 is 0. The molecule has 0 aliphatic carbocycles. The summed E-state index contributed by atoms with van der Waals surface area (Å²) < 4.78 is 26.1. The molecule has 1 aliphatic rings. The molecule has 0 aromatic heterocycles. The molecule has 5 unspecified atom stereocenters. The van der Waals surface area contributed by atoms with Gasteiger partial charge in [-0.05, 0) is 56.9 Å². The van der Waals surface area contributed by atoms with Crippen molar-refractivity contribution < 1.29 is 32.8 Å². The van der Waals surface area contributed by atoms with Crippen LogP contribution >= 0.6 is 0 Å². The predicted molar refractivity (Wildman–Crippen MR) is 203 cm³/mol. The number of unbranched alkanes of at least 4 members (excludes halogenated alkanes) is 1. The Morgan fingerprint density at radius 1 is 0.920 bits per heavy atom. The molecule has 0 radical (unpaired) electrons. The Kier molecular flexibility index (Phi) is 30.3. The number of carbonyl (C=O) groups excluding carboxylic acids is 5. The SMILES string of the molecule is CC.CC.CC.CCCCC(C)(CC)NC(C)=O.CNC(C(=O)N1CC[C@H](C(C)C)C1C(=O)NC(CC(C)C(F)F)C(=O)C(N)=O)C(C)(C)C. The summed E-state index contributed by atoms with van der Waals surface area (Å²) in [4.78, 5) is 62.7. The Morgan fingerprint density at radius 3 is 1.76 bits per heavy atom. The number of carbonyl (C=O) groups is 5. The van der Waals surface area contributed by atoms with E-state index in [1.165, 1.54) is 24.7 Å². The van der Waals surface area contributed by atoms with E-state index in [9.17, 15) is 32.8 Å². The van der Waals surface area contributed by atoms with Crippen LogP contribution in [-0.2, 0) is 24.0 Å². The fourth-order valence-corrected chi connectivity index (χ4v) is 5.64. The van der Waals surface area contributed by atoms with Gasteiger partial charge in [-0.3, -0.25) is 24.0 Å². The van der Waals surface area contributed by atoms with Crippen LogP contribution in [0.4, 0.5) is 8.78 Å². The number of nitrogens with one attached hydrogen (secondary N) is 3. The van der Waals surface area contributed by atoms with E-state index in [-0.39, 0.29) is 29.2 Å². The van der Waals surface area contributed by atoms with Gasteiger partial charge in [-0.25, -0.2) is 8.78 Å². The highest BCUT2D eigenvalue weighted by molar-refractivity contribution is 6.37. The quantitative estimate of drug-likeness (QED) is 0.135. The van der Waals surface area contributed by atoms with E-state index in [2.05, 4.69) is 36.7 Å². The van der Waals surface area contributed by atoms with E-state index in [1.807, 2.05) is 76.2 Å². The summed E-state index contributed by atoms with van der Waals surface area (Å²) in [6.45, 7) is 31.2. The van der Waals surface area contributed by atoms with Crippen LogP contribution in [0.5, 0.6) is 0 Å². The Balaban J connectivity index is -0.000000490. The Bertz CT molecular complexity index is 974. The molecule has 5 N–H and O–H groups in total. The smallest absolute Gasteiger partial charge is 0.287 e. The highest BCUT2D eigenvalue weighted by atomic mass is 19.3. The van der Waals surface area contributed by atoms with Gasteiger partial charge < -0.3 is 26.6 Å². The van der Waals surface area contributed by atoms with Crippen LogP contribution in [0, 0.1) is 23.2 Å². The van der Waals surface area contributed by atoms with Gasteiger partial charge in [-0.15, -0.1) is 0 Å². The Morgan fingerprint density at radius 2 is 1.42 bits per heavy atom. The first kappa shape index (κ1) is 54.2. The van der Waals surface area contributed by atoms with Crippen molar-refractivity contribution >= 4 is 29.4 Å². The van der Waals surface area contributed by atoms with E-state index in [1.54, 1.807) is 14.0 Å². The average molecular weight is 722 g/mol. The zero-order chi connectivity index (χ0) is 40.6. The summed E-state index contributed by atoms with van der Waals surface area (Å²) in [5.41, 5.74) is 4.67. The number of alkyl halides is 2. The molecule has 4 amide bonds.